The van der Waals surface area contributed by atoms with Gasteiger partial charge >= 0.3 is 0 Å². The van der Waals surface area contributed by atoms with Crippen LogP contribution in [0.1, 0.15) is 81.2 Å². The van der Waals surface area contributed by atoms with Crippen LogP contribution >= 0.6 is 22.9 Å². The summed E-state index contributed by atoms with van der Waals surface area (Å²) >= 11 is 7.79. The van der Waals surface area contributed by atoms with E-state index in [1.807, 2.05) is 121 Å². The Balaban J connectivity index is 0.831. The summed E-state index contributed by atoms with van der Waals surface area (Å²) in [5.41, 5.74) is 7.53. The summed E-state index contributed by atoms with van der Waals surface area (Å²) in [6.07, 6.45) is 0.788. The number of anilines is 1. The number of aromatic nitrogens is 3. The predicted octanol–water partition coefficient (Wildman–Crippen LogP) is 6.22. The van der Waals surface area contributed by atoms with Crippen LogP contribution in [0.5, 0.6) is 0 Å². The van der Waals surface area contributed by atoms with Crippen LogP contribution in [-0.2, 0) is 25.7 Å². The average molecular weight is 992 g/mol. The zero-order valence-corrected chi connectivity index (χ0v) is 42.4. The van der Waals surface area contributed by atoms with E-state index < -0.39 is 35.4 Å². The van der Waals surface area contributed by atoms with Gasteiger partial charge in [0.2, 0.25) is 17.7 Å². The number of aliphatic hydroxyl groups is 1. The number of ether oxygens (including phenoxy) is 1. The third-order valence-corrected chi connectivity index (χ3v) is 14.1. The lowest BCUT2D eigenvalue weighted by molar-refractivity contribution is -0.145. The molecule has 2 aliphatic heterocycles. The molecule has 370 valence electrons. The van der Waals surface area contributed by atoms with Crippen LogP contribution in [0.4, 0.5) is 5.69 Å². The van der Waals surface area contributed by atoms with Gasteiger partial charge < -0.3 is 35.6 Å². The molecule has 2 saturated heterocycles. The van der Waals surface area contributed by atoms with Crippen molar-refractivity contribution in [3.05, 3.63) is 112 Å². The third-order valence-electron chi connectivity index (χ3n) is 12.8. The van der Waals surface area contributed by atoms with Crippen molar-refractivity contribution in [3.8, 4) is 27.8 Å². The Bertz CT molecular complexity index is 2670. The van der Waals surface area contributed by atoms with E-state index in [2.05, 4.69) is 41.9 Å². The first-order valence-electron chi connectivity index (χ1n) is 23.7. The van der Waals surface area contributed by atoms with Gasteiger partial charge in [-0.25, -0.2) is 4.98 Å². The van der Waals surface area contributed by atoms with Crippen molar-refractivity contribution >= 4 is 52.3 Å². The van der Waals surface area contributed by atoms with Crippen LogP contribution in [0, 0.1) is 23.7 Å². The Morgan fingerprint density at radius 3 is 2.27 bits per heavy atom. The number of aryl methyl sites for hydroxylation is 1. The fraction of sp³-hybridized carbons (Fsp3) is 0.442. The number of thiazole rings is 1. The van der Waals surface area contributed by atoms with Crippen molar-refractivity contribution in [3.63, 3.8) is 0 Å². The Morgan fingerprint density at radius 2 is 1.63 bits per heavy atom. The summed E-state index contributed by atoms with van der Waals surface area (Å²) in [6.45, 7) is 17.2. The van der Waals surface area contributed by atoms with Gasteiger partial charge in [-0.05, 0) is 86.7 Å². The van der Waals surface area contributed by atoms with E-state index in [1.54, 1.807) is 28.2 Å². The van der Waals surface area contributed by atoms with E-state index in [4.69, 9.17) is 21.6 Å². The summed E-state index contributed by atoms with van der Waals surface area (Å²) in [7, 11) is 0. The number of rotatable bonds is 17. The van der Waals surface area contributed by atoms with E-state index in [-0.39, 0.29) is 49.6 Å². The number of nitrogens with zero attached hydrogens (tertiary/aromatic N) is 7. The number of hydrogen-bond donors (Lipinski definition) is 4. The number of β-amino-alcohol motifs (C(OH)–C–C–N with tert-alkyl or cyclic N) is 1. The maximum absolute atomic E-state index is 14.2. The summed E-state index contributed by atoms with van der Waals surface area (Å²) in [5, 5.41) is 33.8. The van der Waals surface area contributed by atoms with Gasteiger partial charge in [0.15, 0.2) is 0 Å². The minimum absolute atomic E-state index is 0.0178. The van der Waals surface area contributed by atoms with Crippen molar-refractivity contribution in [1.29, 1.82) is 5.26 Å². The highest BCUT2D eigenvalue weighted by molar-refractivity contribution is 7.13. The number of nitrogens with one attached hydrogen (secondary N) is 3. The Morgan fingerprint density at radius 1 is 0.929 bits per heavy atom. The molecule has 0 spiro atoms. The van der Waals surface area contributed by atoms with Crippen LogP contribution in [0.25, 0.3) is 21.7 Å². The highest BCUT2D eigenvalue weighted by Crippen LogP contribution is 2.30. The molecule has 3 unspecified atom stereocenters. The number of benzene rings is 3. The van der Waals surface area contributed by atoms with Crippen molar-refractivity contribution in [2.45, 2.75) is 97.8 Å². The van der Waals surface area contributed by atoms with Gasteiger partial charge in [-0.3, -0.25) is 28.8 Å². The molecule has 0 saturated carbocycles. The number of nitriles is 1. The second kappa shape index (κ2) is 22.7. The second-order valence-electron chi connectivity index (χ2n) is 19.4. The van der Waals surface area contributed by atoms with Crippen LogP contribution < -0.4 is 20.9 Å². The van der Waals surface area contributed by atoms with E-state index in [9.17, 15) is 24.3 Å². The number of halogens is 1. The number of likely N-dealkylation sites (tertiary alicyclic amines) is 1. The quantitative estimate of drug-likeness (QED) is 0.0825. The fourth-order valence-corrected chi connectivity index (χ4v) is 9.91. The van der Waals surface area contributed by atoms with Gasteiger partial charge in [0, 0.05) is 74.7 Å². The monoisotopic (exact) mass is 990 g/mol. The molecule has 4 amide bonds. The predicted molar refractivity (Wildman–Crippen MR) is 271 cm³/mol. The van der Waals surface area contributed by atoms with Crippen LogP contribution in [0.15, 0.2) is 84.5 Å². The van der Waals surface area contributed by atoms with Crippen LogP contribution in [0.3, 0.4) is 0 Å². The van der Waals surface area contributed by atoms with Crippen LogP contribution in [-0.4, -0.2) is 130 Å². The molecule has 0 radical (unpaired) electrons. The average Bonchev–Trinajstić information content (AvgIpc) is 4.09. The standard InChI is InChI=1S/C52H63ClN10O6S/c1-32(27-62-19-18-44(59-62)39-12-13-40(26-54)43(53)24-39)56-49(66)38-14-16-41(17-15-38)61-22-20-60(21-23-61)28-33(2)69-30-46(65)58-48(52(5,6)7)51(68)63-29-42(64)25-45(63)50(67)57-34(3)36-8-10-37(11-9-36)47-35(4)55-31-70-47/h8-19,24,31-34,42,45,48,64H,20-23,25,27-30H2,1-7H3,(H,56,66)(H,57,67)(H,58,65)/t32?,33?,34-,42+,45?,48+/m0/s1. The Labute approximate surface area is 419 Å². The first-order chi connectivity index (χ1) is 33.4. The van der Waals surface area contributed by atoms with Crippen molar-refractivity contribution in [2.24, 2.45) is 5.41 Å². The second-order valence-corrected chi connectivity index (χ2v) is 20.7. The van der Waals surface area contributed by atoms with E-state index >= 15 is 0 Å². The molecule has 70 heavy (non-hydrogen) atoms. The number of amides is 4. The van der Waals surface area contributed by atoms with Crippen molar-refractivity contribution < 1.29 is 29.0 Å². The molecule has 4 heterocycles. The molecule has 7 rings (SSSR count). The first-order valence-corrected chi connectivity index (χ1v) is 24.9. The molecule has 0 aliphatic carbocycles. The number of carbonyl (C=O) groups excluding carboxylic acids is 4. The molecule has 2 fully saturated rings. The smallest absolute Gasteiger partial charge is 0.251 e. The minimum Gasteiger partial charge on any atom is -0.391 e. The normalized spacial score (nSPS) is 18.1. The van der Waals surface area contributed by atoms with E-state index in [0.717, 1.165) is 64.8 Å². The van der Waals surface area contributed by atoms with E-state index in [1.165, 1.54) is 4.90 Å². The molecule has 0 bridgehead atoms. The van der Waals surface area contributed by atoms with Gasteiger partial charge in [0.05, 0.1) is 57.2 Å². The SMILES string of the molecule is Cc1ncsc1-c1ccc([C@H](C)NC(=O)C2C[C@@H](O)CN2C(=O)[C@@H](NC(=O)COC(C)CN2CCN(c3ccc(C(=O)NC(C)Cn4ccc(-c5ccc(C#N)c(Cl)c5)n4)cc3)CC2)C(C)(C)C)cc1. The number of hydrogen-bond acceptors (Lipinski definition) is 12. The zero-order chi connectivity index (χ0) is 50.3. The summed E-state index contributed by atoms with van der Waals surface area (Å²) < 4.78 is 7.77. The van der Waals surface area contributed by atoms with Crippen LogP contribution in [0.2, 0.25) is 5.02 Å². The lowest BCUT2D eigenvalue weighted by Crippen LogP contribution is -2.58. The largest absolute Gasteiger partial charge is 0.391 e. The van der Waals surface area contributed by atoms with Gasteiger partial charge in [-0.1, -0.05) is 62.7 Å². The van der Waals surface area contributed by atoms with Gasteiger partial charge in [0.1, 0.15) is 24.8 Å². The maximum Gasteiger partial charge on any atom is 0.251 e. The summed E-state index contributed by atoms with van der Waals surface area (Å²) in [6, 6.07) is 22.3. The molecular formula is C52H63ClN10O6S. The zero-order valence-electron chi connectivity index (χ0n) is 40.8. The highest BCUT2D eigenvalue weighted by Gasteiger charge is 2.45. The molecule has 16 nitrogen and oxygen atoms in total. The first kappa shape index (κ1) is 51.7. The van der Waals surface area contributed by atoms with Gasteiger partial charge in [-0.15, -0.1) is 11.3 Å². The lowest BCUT2D eigenvalue weighted by Gasteiger charge is -2.37. The number of carbonyl (C=O) groups is 4. The highest BCUT2D eigenvalue weighted by atomic mass is 35.5. The number of piperazine rings is 1. The van der Waals surface area contributed by atoms with Gasteiger partial charge in [-0.2, -0.15) is 10.4 Å². The van der Waals surface area contributed by atoms with Crippen molar-refractivity contribution in [2.75, 3.05) is 50.8 Å². The third kappa shape index (κ3) is 13.0. The molecule has 5 aromatic rings. The van der Waals surface area contributed by atoms with Crippen molar-refractivity contribution in [1.82, 2.24) is 40.5 Å². The molecule has 2 aliphatic rings. The fourth-order valence-electron chi connectivity index (χ4n) is 8.88. The summed E-state index contributed by atoms with van der Waals surface area (Å²) in [5.74, 6) is -1.42. The summed E-state index contributed by atoms with van der Waals surface area (Å²) in [4.78, 5) is 65.8. The van der Waals surface area contributed by atoms with Gasteiger partial charge in [0.25, 0.3) is 5.91 Å². The topological polar surface area (TPSA) is 198 Å². The molecule has 3 aromatic carbocycles. The molecule has 6 atom stereocenters. The molecular weight excluding hydrogens is 928 g/mol. The number of aliphatic hydroxyl groups excluding tert-OH is 1. The molecule has 4 N–H and O–H groups in total. The lowest BCUT2D eigenvalue weighted by atomic mass is 9.85. The minimum atomic E-state index is -0.967. The molecule has 18 heteroatoms. The maximum atomic E-state index is 14.2. The van der Waals surface area contributed by atoms with E-state index in [0.29, 0.717) is 29.2 Å². The Kier molecular flexibility index (Phi) is 16.8. The Hall–Kier alpha value is -6.16. The molecule has 2 aromatic heterocycles.